The first kappa shape index (κ1) is 23.4. The maximum atomic E-state index is 7.57. The summed E-state index contributed by atoms with van der Waals surface area (Å²) in [6.07, 6.45) is 3.89. The molecule has 3 heteroatoms. The van der Waals surface area contributed by atoms with Crippen LogP contribution < -0.4 is 5.40 Å². The minimum atomic E-state index is -1.85. The van der Waals surface area contributed by atoms with E-state index in [-0.39, 0.29) is 0 Å². The Bertz CT molecular complexity index is 359. The zero-order valence-electron chi connectivity index (χ0n) is 18.3. The van der Waals surface area contributed by atoms with E-state index in [0.717, 1.165) is 0 Å². The van der Waals surface area contributed by atoms with Crippen LogP contribution in [0.2, 0.25) is 28.2 Å². The van der Waals surface area contributed by atoms with Crippen molar-refractivity contribution in [2.24, 2.45) is 10.8 Å². The molecular formula is C20H47NSi2. The van der Waals surface area contributed by atoms with Crippen LogP contribution in [-0.4, -0.2) is 15.3 Å². The predicted octanol–water partition coefficient (Wildman–Crippen LogP) is 7.27. The lowest BCUT2D eigenvalue weighted by Gasteiger charge is -2.59. The Morgan fingerprint density at radius 1 is 0.652 bits per heavy atom. The molecule has 0 aliphatic carbocycles. The Labute approximate surface area is 150 Å². The largest absolute Gasteiger partial charge is 0.352 e. The Kier molecular flexibility index (Phi) is 7.87. The average molecular weight is 358 g/mol. The molecule has 0 saturated heterocycles. The predicted molar refractivity (Wildman–Crippen MR) is 114 cm³/mol. The molecular weight excluding hydrogens is 310 g/mol. The van der Waals surface area contributed by atoms with E-state index in [1.807, 2.05) is 0 Å². The molecule has 0 aromatic carbocycles. The van der Waals surface area contributed by atoms with Crippen molar-refractivity contribution >= 4 is 15.3 Å². The van der Waals surface area contributed by atoms with E-state index in [1.54, 1.807) is 0 Å². The fourth-order valence-corrected chi connectivity index (χ4v) is 28.5. The van der Waals surface area contributed by atoms with Crippen LogP contribution in [0.25, 0.3) is 0 Å². The molecule has 0 heterocycles. The van der Waals surface area contributed by atoms with Gasteiger partial charge in [0.15, 0.2) is 0 Å². The van der Waals surface area contributed by atoms with Gasteiger partial charge in [0.05, 0.1) is 7.59 Å². The molecule has 2 N–H and O–H groups in total. The van der Waals surface area contributed by atoms with E-state index in [1.165, 1.54) is 37.4 Å². The van der Waals surface area contributed by atoms with Gasteiger partial charge >= 0.3 is 0 Å². The van der Waals surface area contributed by atoms with Gasteiger partial charge < -0.3 is 5.40 Å². The van der Waals surface area contributed by atoms with E-state index in [4.69, 9.17) is 5.40 Å². The smallest absolute Gasteiger partial charge is 0.119 e. The van der Waals surface area contributed by atoms with Gasteiger partial charge in [-0.05, 0) is 21.5 Å². The first-order valence-corrected chi connectivity index (χ1v) is 15.6. The van der Waals surface area contributed by atoms with Crippen LogP contribution >= 0.6 is 0 Å². The monoisotopic (exact) mass is 357 g/mol. The molecule has 0 spiro atoms. The molecule has 0 rings (SSSR count). The molecule has 0 aliphatic heterocycles. The summed E-state index contributed by atoms with van der Waals surface area (Å²) in [4.78, 5) is 0. The topological polar surface area (TPSA) is 26.0 Å². The third-order valence-corrected chi connectivity index (χ3v) is 29.1. The summed E-state index contributed by atoms with van der Waals surface area (Å²) in [6.45, 7) is 26.9. The van der Waals surface area contributed by atoms with Gasteiger partial charge in [-0.15, -0.1) is 0 Å². The van der Waals surface area contributed by atoms with Crippen LogP contribution in [-0.2, 0) is 0 Å². The van der Waals surface area contributed by atoms with Crippen LogP contribution in [0.5, 0.6) is 0 Å². The third-order valence-electron chi connectivity index (χ3n) is 6.25. The summed E-state index contributed by atoms with van der Waals surface area (Å²) in [7, 11) is -3.45. The molecule has 140 valence electrons. The van der Waals surface area contributed by atoms with Crippen LogP contribution in [0.1, 0.15) is 95.4 Å². The Morgan fingerprint density at radius 2 is 1.09 bits per heavy atom. The van der Waals surface area contributed by atoms with Gasteiger partial charge in [0.2, 0.25) is 0 Å². The molecule has 2 unspecified atom stereocenters. The normalized spacial score (nSPS) is 19.3. The van der Waals surface area contributed by atoms with E-state index in [2.05, 4.69) is 76.2 Å². The maximum Gasteiger partial charge on any atom is 0.119 e. The third kappa shape index (κ3) is 5.18. The number of nitrogens with two attached hydrogens (primary N) is 1. The van der Waals surface area contributed by atoms with Gasteiger partial charge in [-0.3, -0.25) is 0 Å². The average Bonchev–Trinajstić information content (AvgIpc) is 2.30. The summed E-state index contributed by atoms with van der Waals surface area (Å²) in [5, 5.41) is 8.27. The van der Waals surface area contributed by atoms with Crippen molar-refractivity contribution in [3.05, 3.63) is 0 Å². The van der Waals surface area contributed by atoms with Crippen LogP contribution in [0.3, 0.4) is 0 Å². The van der Waals surface area contributed by atoms with Gasteiger partial charge in [-0.2, -0.15) is 0 Å². The lowest BCUT2D eigenvalue weighted by atomic mass is 9.94. The quantitative estimate of drug-likeness (QED) is 0.476. The van der Waals surface area contributed by atoms with E-state index in [0.29, 0.717) is 15.5 Å². The highest BCUT2D eigenvalue weighted by atomic mass is 29.3. The second-order valence-electron chi connectivity index (χ2n) is 11.1. The Hall–Kier alpha value is 0.394. The van der Waals surface area contributed by atoms with Crippen LogP contribution in [0, 0.1) is 5.41 Å². The number of rotatable bonds is 7. The van der Waals surface area contributed by atoms with E-state index < -0.39 is 15.3 Å². The fraction of sp³-hybridized carbons (Fsp3) is 1.00. The first-order valence-electron chi connectivity index (χ1n) is 9.87. The fourth-order valence-electron chi connectivity index (χ4n) is 4.73. The van der Waals surface area contributed by atoms with Crippen LogP contribution in [0.4, 0.5) is 0 Å². The highest BCUT2D eigenvalue weighted by molar-refractivity contribution is 7.43. The van der Waals surface area contributed by atoms with Crippen molar-refractivity contribution in [3.63, 3.8) is 0 Å². The van der Waals surface area contributed by atoms with Gasteiger partial charge in [-0.25, -0.2) is 0 Å². The van der Waals surface area contributed by atoms with Crippen LogP contribution in [0.15, 0.2) is 0 Å². The molecule has 0 aliphatic rings. The summed E-state index contributed by atoms with van der Waals surface area (Å²) in [5.74, 6) is 0. The second kappa shape index (κ2) is 7.74. The Balaban J connectivity index is 6.26. The van der Waals surface area contributed by atoms with E-state index >= 15 is 0 Å². The van der Waals surface area contributed by atoms with Crippen molar-refractivity contribution in [3.8, 4) is 0 Å². The highest BCUT2D eigenvalue weighted by Gasteiger charge is 2.62. The standard InChI is InChI=1S/C20H47NSi2/c1-12-15-22(19(6,7)8,17-14-18(3,4)5)23(21,16-13-2)20(9,10)11/h12-17,21H2,1-11H3. The summed E-state index contributed by atoms with van der Waals surface area (Å²) in [6, 6.07) is 4.16. The lowest BCUT2D eigenvalue weighted by molar-refractivity contribution is 0.393. The zero-order valence-corrected chi connectivity index (χ0v) is 20.3. The highest BCUT2D eigenvalue weighted by Crippen LogP contribution is 2.55. The number of hydrogen-bond acceptors (Lipinski definition) is 1. The summed E-state index contributed by atoms with van der Waals surface area (Å²) >= 11 is 0. The van der Waals surface area contributed by atoms with Gasteiger partial charge in [-0.1, -0.05) is 108 Å². The van der Waals surface area contributed by atoms with Gasteiger partial charge in [0.25, 0.3) is 0 Å². The minimum Gasteiger partial charge on any atom is -0.352 e. The molecule has 0 bridgehead atoms. The van der Waals surface area contributed by atoms with Crippen molar-refractivity contribution in [1.29, 1.82) is 0 Å². The summed E-state index contributed by atoms with van der Waals surface area (Å²) < 4.78 is 0. The van der Waals surface area contributed by atoms with Gasteiger partial charge in [0, 0.05) is 0 Å². The van der Waals surface area contributed by atoms with Crippen molar-refractivity contribution in [1.82, 2.24) is 0 Å². The zero-order chi connectivity index (χ0) is 18.7. The second-order valence-corrected chi connectivity index (χ2v) is 25.3. The first-order chi connectivity index (χ1) is 10.1. The SMILES string of the molecule is CCC[Si](N)(C(C)(C)C)[Si](CCC)(CCC(C)(C)C)C(C)(C)C. The Morgan fingerprint density at radius 3 is 1.35 bits per heavy atom. The minimum absolute atomic E-state index is 0.301. The molecule has 0 fully saturated rings. The molecule has 0 aromatic heterocycles. The molecule has 0 saturated carbocycles. The molecule has 0 radical (unpaired) electrons. The molecule has 0 amide bonds. The summed E-state index contributed by atoms with van der Waals surface area (Å²) in [5.41, 5.74) is 0.413. The van der Waals surface area contributed by atoms with Crippen molar-refractivity contribution in [2.45, 2.75) is 124 Å². The molecule has 23 heavy (non-hydrogen) atoms. The molecule has 0 aromatic rings. The van der Waals surface area contributed by atoms with Crippen molar-refractivity contribution < 1.29 is 0 Å². The molecule has 1 nitrogen and oxygen atoms in total. The molecule has 2 atom stereocenters. The number of hydrogen-bond donors (Lipinski definition) is 1. The van der Waals surface area contributed by atoms with E-state index in [9.17, 15) is 0 Å². The lowest BCUT2D eigenvalue weighted by Crippen LogP contribution is -2.76. The maximum absolute atomic E-state index is 7.57. The van der Waals surface area contributed by atoms with Gasteiger partial charge in [0.1, 0.15) is 7.75 Å². The van der Waals surface area contributed by atoms with Crippen molar-refractivity contribution in [2.75, 3.05) is 0 Å².